The first-order valence-electron chi connectivity index (χ1n) is 7.58. The van der Waals surface area contributed by atoms with Crippen molar-refractivity contribution in [3.05, 3.63) is 23.2 Å². The van der Waals surface area contributed by atoms with Crippen molar-refractivity contribution in [3.63, 3.8) is 0 Å². The number of hydrogen-bond acceptors (Lipinski definition) is 5. The van der Waals surface area contributed by atoms with Crippen LogP contribution < -0.4 is 14.8 Å². The molecule has 1 heterocycles. The van der Waals surface area contributed by atoms with E-state index in [0.29, 0.717) is 18.9 Å². The van der Waals surface area contributed by atoms with Gasteiger partial charge in [0, 0.05) is 13.2 Å². The van der Waals surface area contributed by atoms with Crippen molar-refractivity contribution < 1.29 is 22.7 Å². The fourth-order valence-corrected chi connectivity index (χ4v) is 3.89. The predicted octanol–water partition coefficient (Wildman–Crippen LogP) is 1.31. The van der Waals surface area contributed by atoms with Gasteiger partial charge in [-0.2, -0.15) is 4.72 Å². The van der Waals surface area contributed by atoms with Crippen molar-refractivity contribution in [2.75, 3.05) is 20.3 Å². The minimum Gasteiger partial charge on any atom is -0.495 e. The minimum atomic E-state index is -3.87. The van der Waals surface area contributed by atoms with E-state index in [1.165, 1.54) is 32.2 Å². The third-order valence-corrected chi connectivity index (χ3v) is 5.52. The summed E-state index contributed by atoms with van der Waals surface area (Å²) in [4.78, 5) is 12.0. The van der Waals surface area contributed by atoms with E-state index >= 15 is 0 Å². The van der Waals surface area contributed by atoms with E-state index in [-0.39, 0.29) is 16.0 Å². The highest BCUT2D eigenvalue weighted by Crippen LogP contribution is 2.26. The maximum atomic E-state index is 12.3. The molecule has 0 saturated carbocycles. The Morgan fingerprint density at radius 3 is 2.83 bits per heavy atom. The van der Waals surface area contributed by atoms with E-state index in [0.717, 1.165) is 12.8 Å². The molecule has 1 aliphatic heterocycles. The third-order valence-electron chi connectivity index (χ3n) is 3.69. The standard InChI is InChI=1S/C15H21ClN2O5S/c1-10(15(19)17-9-11-4-3-7-23-11)18-24(20,21)12-5-6-14(22-2)13(16)8-12/h5-6,8,10-11,18H,3-4,7,9H2,1-2H3,(H,17,19)/t10-,11+/m1/s1. The largest absolute Gasteiger partial charge is 0.495 e. The van der Waals surface area contributed by atoms with Crippen LogP contribution in [0.4, 0.5) is 0 Å². The van der Waals surface area contributed by atoms with E-state index in [4.69, 9.17) is 21.1 Å². The van der Waals surface area contributed by atoms with Crippen molar-refractivity contribution in [3.8, 4) is 5.75 Å². The summed E-state index contributed by atoms with van der Waals surface area (Å²) < 4.78 is 37.4. The molecular weight excluding hydrogens is 356 g/mol. The van der Waals surface area contributed by atoms with Crippen LogP contribution in [-0.4, -0.2) is 46.7 Å². The molecule has 0 spiro atoms. The summed E-state index contributed by atoms with van der Waals surface area (Å²) >= 11 is 5.95. The lowest BCUT2D eigenvalue weighted by molar-refractivity contribution is -0.122. The summed E-state index contributed by atoms with van der Waals surface area (Å²) in [5.41, 5.74) is 0. The van der Waals surface area contributed by atoms with E-state index in [1.54, 1.807) is 0 Å². The number of amides is 1. The van der Waals surface area contributed by atoms with Gasteiger partial charge in [-0.05, 0) is 38.0 Å². The maximum absolute atomic E-state index is 12.3. The Bertz CT molecular complexity index is 689. The smallest absolute Gasteiger partial charge is 0.241 e. The molecule has 1 aromatic rings. The van der Waals surface area contributed by atoms with Crippen molar-refractivity contribution in [1.82, 2.24) is 10.0 Å². The molecule has 2 atom stereocenters. The Hall–Kier alpha value is -1.35. The fraction of sp³-hybridized carbons (Fsp3) is 0.533. The minimum absolute atomic E-state index is 0.00171. The number of benzene rings is 1. The van der Waals surface area contributed by atoms with Gasteiger partial charge in [-0.15, -0.1) is 0 Å². The fourth-order valence-electron chi connectivity index (χ4n) is 2.34. The van der Waals surface area contributed by atoms with Gasteiger partial charge in [-0.1, -0.05) is 11.6 Å². The SMILES string of the molecule is COc1ccc(S(=O)(=O)N[C@H](C)C(=O)NC[C@@H]2CCCO2)cc1Cl. The Balaban J connectivity index is 1.96. The zero-order valence-electron chi connectivity index (χ0n) is 13.5. The number of hydrogen-bond donors (Lipinski definition) is 2. The highest BCUT2D eigenvalue weighted by atomic mass is 35.5. The van der Waals surface area contributed by atoms with E-state index in [2.05, 4.69) is 10.0 Å². The molecule has 1 aliphatic rings. The van der Waals surface area contributed by atoms with Crippen molar-refractivity contribution in [2.24, 2.45) is 0 Å². The Morgan fingerprint density at radius 2 is 2.25 bits per heavy atom. The molecule has 2 rings (SSSR count). The van der Waals surface area contributed by atoms with Crippen LogP contribution in [0, 0.1) is 0 Å². The highest BCUT2D eigenvalue weighted by Gasteiger charge is 2.24. The van der Waals surface area contributed by atoms with Gasteiger partial charge in [0.1, 0.15) is 5.75 Å². The lowest BCUT2D eigenvalue weighted by Gasteiger charge is -2.16. The van der Waals surface area contributed by atoms with Crippen LogP contribution in [0.15, 0.2) is 23.1 Å². The van der Waals surface area contributed by atoms with Gasteiger partial charge in [-0.3, -0.25) is 4.79 Å². The number of carbonyl (C=O) groups excluding carboxylic acids is 1. The summed E-state index contributed by atoms with van der Waals surface area (Å²) in [5.74, 6) is -0.0355. The lowest BCUT2D eigenvalue weighted by Crippen LogP contribution is -2.46. The molecule has 1 aromatic carbocycles. The van der Waals surface area contributed by atoms with Crippen LogP contribution >= 0.6 is 11.6 Å². The molecule has 2 N–H and O–H groups in total. The highest BCUT2D eigenvalue weighted by molar-refractivity contribution is 7.89. The number of ether oxygens (including phenoxy) is 2. The number of halogens is 1. The third kappa shape index (κ3) is 4.83. The van der Waals surface area contributed by atoms with Gasteiger partial charge in [0.25, 0.3) is 0 Å². The Morgan fingerprint density at radius 1 is 1.50 bits per heavy atom. The van der Waals surface area contributed by atoms with Crippen LogP contribution in [-0.2, 0) is 19.6 Å². The van der Waals surface area contributed by atoms with E-state index in [1.807, 2.05) is 0 Å². The summed E-state index contributed by atoms with van der Waals surface area (Å²) in [6.45, 7) is 2.55. The number of sulfonamides is 1. The van der Waals surface area contributed by atoms with Crippen LogP contribution in [0.25, 0.3) is 0 Å². The maximum Gasteiger partial charge on any atom is 0.241 e. The zero-order valence-corrected chi connectivity index (χ0v) is 15.1. The monoisotopic (exact) mass is 376 g/mol. The number of carbonyl (C=O) groups is 1. The number of rotatable bonds is 7. The molecular formula is C15H21ClN2O5S. The quantitative estimate of drug-likeness (QED) is 0.748. The second-order valence-electron chi connectivity index (χ2n) is 5.52. The molecule has 0 bridgehead atoms. The van der Waals surface area contributed by atoms with Crippen LogP contribution in [0.5, 0.6) is 5.75 Å². The van der Waals surface area contributed by atoms with Gasteiger partial charge in [0.2, 0.25) is 15.9 Å². The normalized spacial score (nSPS) is 19.0. The van der Waals surface area contributed by atoms with Gasteiger partial charge in [-0.25, -0.2) is 8.42 Å². The first kappa shape index (κ1) is 19.0. The number of methoxy groups -OCH3 is 1. The summed E-state index contributed by atoms with van der Waals surface area (Å²) in [6, 6.07) is 3.18. The van der Waals surface area contributed by atoms with Crippen molar-refractivity contribution >= 4 is 27.5 Å². The van der Waals surface area contributed by atoms with Gasteiger partial charge in [0.05, 0.1) is 29.2 Å². The van der Waals surface area contributed by atoms with Crippen LogP contribution in [0.1, 0.15) is 19.8 Å². The lowest BCUT2D eigenvalue weighted by atomic mass is 10.2. The molecule has 9 heteroatoms. The molecule has 134 valence electrons. The first-order valence-corrected chi connectivity index (χ1v) is 9.45. The molecule has 7 nitrogen and oxygen atoms in total. The molecule has 1 fully saturated rings. The van der Waals surface area contributed by atoms with E-state index in [9.17, 15) is 13.2 Å². The second kappa shape index (κ2) is 8.15. The molecule has 0 aromatic heterocycles. The number of nitrogens with one attached hydrogen (secondary N) is 2. The molecule has 0 aliphatic carbocycles. The average Bonchev–Trinajstić information content (AvgIpc) is 3.05. The van der Waals surface area contributed by atoms with Gasteiger partial charge >= 0.3 is 0 Å². The topological polar surface area (TPSA) is 93.7 Å². The van der Waals surface area contributed by atoms with E-state index < -0.39 is 22.0 Å². The predicted molar refractivity (Wildman–Crippen MR) is 89.8 cm³/mol. The van der Waals surface area contributed by atoms with Crippen molar-refractivity contribution in [2.45, 2.75) is 36.8 Å². The molecule has 0 radical (unpaired) electrons. The Kier molecular flexibility index (Phi) is 6.45. The molecule has 0 unspecified atom stereocenters. The van der Waals surface area contributed by atoms with Crippen molar-refractivity contribution in [1.29, 1.82) is 0 Å². The van der Waals surface area contributed by atoms with Crippen LogP contribution in [0.2, 0.25) is 5.02 Å². The van der Waals surface area contributed by atoms with Crippen LogP contribution in [0.3, 0.4) is 0 Å². The summed E-state index contributed by atoms with van der Waals surface area (Å²) in [6.07, 6.45) is 1.87. The first-order chi connectivity index (χ1) is 11.3. The molecule has 24 heavy (non-hydrogen) atoms. The average molecular weight is 377 g/mol. The molecule has 1 saturated heterocycles. The summed E-state index contributed by atoms with van der Waals surface area (Å²) in [7, 11) is -2.43. The Labute approximate surface area is 146 Å². The summed E-state index contributed by atoms with van der Waals surface area (Å²) in [5, 5.41) is 2.87. The second-order valence-corrected chi connectivity index (χ2v) is 7.64. The van der Waals surface area contributed by atoms with Gasteiger partial charge < -0.3 is 14.8 Å². The molecule has 1 amide bonds. The zero-order chi connectivity index (χ0) is 17.7. The van der Waals surface area contributed by atoms with Gasteiger partial charge in [0.15, 0.2) is 0 Å².